The summed E-state index contributed by atoms with van der Waals surface area (Å²) in [4.78, 5) is 1.98. The Morgan fingerprint density at radius 1 is 1.20 bits per heavy atom. The van der Waals surface area contributed by atoms with Crippen LogP contribution in [0.5, 0.6) is 0 Å². The van der Waals surface area contributed by atoms with Crippen LogP contribution in [0, 0.1) is 17.6 Å². The second-order valence-corrected chi connectivity index (χ2v) is 5.65. The molecule has 1 aromatic carbocycles. The Balaban J connectivity index is 2.14. The van der Waals surface area contributed by atoms with Gasteiger partial charge in [-0.05, 0) is 31.2 Å². The lowest BCUT2D eigenvalue weighted by Crippen LogP contribution is -2.26. The minimum atomic E-state index is -0.792. The summed E-state index contributed by atoms with van der Waals surface area (Å²) in [5.41, 5.74) is 6.03. The number of hydrogen-bond acceptors (Lipinski definition) is 2. The van der Waals surface area contributed by atoms with Crippen molar-refractivity contribution in [2.45, 2.75) is 45.6 Å². The van der Waals surface area contributed by atoms with Gasteiger partial charge in [0, 0.05) is 25.2 Å². The van der Waals surface area contributed by atoms with Gasteiger partial charge in [0.25, 0.3) is 0 Å². The number of benzene rings is 1. The number of hydrogen-bond donors (Lipinski definition) is 1. The molecule has 1 atom stereocenters. The fourth-order valence-corrected chi connectivity index (χ4v) is 3.08. The van der Waals surface area contributed by atoms with Gasteiger partial charge in [0.15, 0.2) is 11.6 Å². The third-order valence-corrected chi connectivity index (χ3v) is 4.25. The van der Waals surface area contributed by atoms with Crippen molar-refractivity contribution in [1.82, 2.24) is 0 Å². The fraction of sp³-hybridized carbons (Fsp3) is 0.625. The van der Waals surface area contributed by atoms with Gasteiger partial charge < -0.3 is 10.6 Å². The van der Waals surface area contributed by atoms with Crippen LogP contribution in [0.15, 0.2) is 12.1 Å². The monoisotopic (exact) mass is 282 g/mol. The molecule has 1 fully saturated rings. The quantitative estimate of drug-likeness (QED) is 0.909. The molecule has 1 heterocycles. The molecule has 1 aliphatic heterocycles. The molecular formula is C16H24F2N2. The highest BCUT2D eigenvalue weighted by molar-refractivity contribution is 5.50. The van der Waals surface area contributed by atoms with E-state index < -0.39 is 11.6 Å². The first kappa shape index (κ1) is 15.2. The van der Waals surface area contributed by atoms with Crippen LogP contribution in [0.2, 0.25) is 0 Å². The molecule has 1 unspecified atom stereocenters. The molecule has 0 bridgehead atoms. The van der Waals surface area contributed by atoms with Gasteiger partial charge in [0.1, 0.15) is 0 Å². The Morgan fingerprint density at radius 3 is 2.70 bits per heavy atom. The van der Waals surface area contributed by atoms with Crippen molar-refractivity contribution >= 4 is 5.69 Å². The van der Waals surface area contributed by atoms with Gasteiger partial charge in [-0.1, -0.05) is 25.8 Å². The molecule has 4 heteroatoms. The third-order valence-electron chi connectivity index (χ3n) is 4.25. The fourth-order valence-electron chi connectivity index (χ4n) is 3.08. The van der Waals surface area contributed by atoms with Gasteiger partial charge >= 0.3 is 0 Å². The molecule has 0 aromatic heterocycles. The van der Waals surface area contributed by atoms with E-state index in [2.05, 4.69) is 6.92 Å². The van der Waals surface area contributed by atoms with E-state index in [9.17, 15) is 8.78 Å². The SMILES string of the molecule is CCCC1CCCN(c2ccc(CN)c(F)c2F)CC1. The van der Waals surface area contributed by atoms with Crippen LogP contribution >= 0.6 is 0 Å². The van der Waals surface area contributed by atoms with E-state index in [0.717, 1.165) is 31.8 Å². The molecule has 1 saturated heterocycles. The molecule has 2 rings (SSSR count). The van der Waals surface area contributed by atoms with E-state index >= 15 is 0 Å². The summed E-state index contributed by atoms with van der Waals surface area (Å²) in [7, 11) is 0. The molecule has 0 saturated carbocycles. The van der Waals surface area contributed by atoms with Gasteiger partial charge in [0.2, 0.25) is 0 Å². The average molecular weight is 282 g/mol. The normalized spacial score (nSPS) is 20.0. The minimum absolute atomic E-state index is 0.0294. The molecule has 20 heavy (non-hydrogen) atoms. The van der Waals surface area contributed by atoms with Crippen molar-refractivity contribution in [1.29, 1.82) is 0 Å². The second kappa shape index (κ2) is 7.02. The number of nitrogens with two attached hydrogens (primary N) is 1. The first-order chi connectivity index (χ1) is 9.67. The molecule has 0 amide bonds. The third kappa shape index (κ3) is 3.29. The van der Waals surface area contributed by atoms with Crippen LogP contribution in [0.3, 0.4) is 0 Å². The summed E-state index contributed by atoms with van der Waals surface area (Å²) in [6.45, 7) is 3.84. The van der Waals surface area contributed by atoms with Crippen molar-refractivity contribution in [3.63, 3.8) is 0 Å². The van der Waals surface area contributed by atoms with E-state index in [4.69, 9.17) is 5.73 Å². The van der Waals surface area contributed by atoms with Gasteiger partial charge in [-0.3, -0.25) is 0 Å². The minimum Gasteiger partial charge on any atom is -0.369 e. The zero-order valence-corrected chi connectivity index (χ0v) is 12.2. The molecule has 1 aliphatic rings. The van der Waals surface area contributed by atoms with Gasteiger partial charge in [-0.2, -0.15) is 0 Å². The Labute approximate surface area is 120 Å². The lowest BCUT2D eigenvalue weighted by Gasteiger charge is -2.24. The van der Waals surface area contributed by atoms with Gasteiger partial charge in [0.05, 0.1) is 5.69 Å². The van der Waals surface area contributed by atoms with Crippen molar-refractivity contribution in [2.24, 2.45) is 11.7 Å². The highest BCUT2D eigenvalue weighted by Crippen LogP contribution is 2.29. The molecule has 0 radical (unpaired) electrons. The Hall–Kier alpha value is -1.16. The van der Waals surface area contributed by atoms with E-state index in [1.165, 1.54) is 19.3 Å². The smallest absolute Gasteiger partial charge is 0.182 e. The van der Waals surface area contributed by atoms with Gasteiger partial charge in [-0.25, -0.2) is 8.78 Å². The van der Waals surface area contributed by atoms with E-state index in [0.29, 0.717) is 5.69 Å². The molecule has 2 nitrogen and oxygen atoms in total. The first-order valence-corrected chi connectivity index (χ1v) is 7.59. The number of anilines is 1. The number of nitrogens with zero attached hydrogens (tertiary/aromatic N) is 1. The summed E-state index contributed by atoms with van der Waals surface area (Å²) in [5.74, 6) is -0.817. The zero-order chi connectivity index (χ0) is 14.5. The van der Waals surface area contributed by atoms with Gasteiger partial charge in [-0.15, -0.1) is 0 Å². The van der Waals surface area contributed by atoms with E-state index in [1.54, 1.807) is 12.1 Å². The number of rotatable bonds is 4. The summed E-state index contributed by atoms with van der Waals surface area (Å²) in [6, 6.07) is 3.27. The number of halogens is 2. The molecule has 1 aromatic rings. The molecule has 0 spiro atoms. The maximum absolute atomic E-state index is 14.1. The van der Waals surface area contributed by atoms with Crippen LogP contribution in [0.4, 0.5) is 14.5 Å². The summed E-state index contributed by atoms with van der Waals surface area (Å²) >= 11 is 0. The molecule has 0 aliphatic carbocycles. The van der Waals surface area contributed by atoms with Crippen molar-refractivity contribution in [2.75, 3.05) is 18.0 Å². The highest BCUT2D eigenvalue weighted by Gasteiger charge is 2.21. The zero-order valence-electron chi connectivity index (χ0n) is 12.2. The Bertz CT molecular complexity index is 448. The first-order valence-electron chi connectivity index (χ1n) is 7.59. The summed E-state index contributed by atoms with van der Waals surface area (Å²) < 4.78 is 28.0. The molecule has 112 valence electrons. The van der Waals surface area contributed by atoms with Crippen LogP contribution in [0.1, 0.15) is 44.6 Å². The highest BCUT2D eigenvalue weighted by atomic mass is 19.2. The molecule has 2 N–H and O–H groups in total. The maximum Gasteiger partial charge on any atom is 0.182 e. The lowest BCUT2D eigenvalue weighted by molar-refractivity contribution is 0.435. The standard InChI is InChI=1S/C16H24F2N2/c1-2-4-12-5-3-9-20(10-8-12)14-7-6-13(11-19)15(17)16(14)18/h6-7,12H,2-5,8-11,19H2,1H3. The van der Waals surface area contributed by atoms with Crippen molar-refractivity contribution < 1.29 is 8.78 Å². The average Bonchev–Trinajstić information content (AvgIpc) is 2.68. The predicted octanol–water partition coefficient (Wildman–Crippen LogP) is 3.83. The summed E-state index contributed by atoms with van der Waals surface area (Å²) in [5, 5.41) is 0. The largest absolute Gasteiger partial charge is 0.369 e. The lowest BCUT2D eigenvalue weighted by atomic mass is 9.96. The van der Waals surface area contributed by atoms with Crippen LogP contribution in [-0.2, 0) is 6.54 Å². The Kier molecular flexibility index (Phi) is 5.35. The van der Waals surface area contributed by atoms with Crippen molar-refractivity contribution in [3.8, 4) is 0 Å². The predicted molar refractivity (Wildman–Crippen MR) is 78.7 cm³/mol. The van der Waals surface area contributed by atoms with Crippen LogP contribution in [0.25, 0.3) is 0 Å². The summed E-state index contributed by atoms with van der Waals surface area (Å²) in [6.07, 6.45) is 5.73. The second-order valence-electron chi connectivity index (χ2n) is 5.65. The van der Waals surface area contributed by atoms with E-state index in [1.807, 2.05) is 4.90 Å². The topological polar surface area (TPSA) is 29.3 Å². The van der Waals surface area contributed by atoms with E-state index in [-0.39, 0.29) is 12.1 Å². The van der Waals surface area contributed by atoms with Crippen LogP contribution < -0.4 is 10.6 Å². The maximum atomic E-state index is 14.1. The molecular weight excluding hydrogens is 258 g/mol. The van der Waals surface area contributed by atoms with Crippen LogP contribution in [-0.4, -0.2) is 13.1 Å². The van der Waals surface area contributed by atoms with Crippen molar-refractivity contribution in [3.05, 3.63) is 29.3 Å². The Morgan fingerprint density at radius 2 is 2.00 bits per heavy atom.